The number of hydrogen-bond acceptors (Lipinski definition) is 4. The molecule has 0 atom stereocenters. The van der Waals surface area contributed by atoms with E-state index < -0.39 is 21.3 Å². The molecule has 0 aliphatic rings. The molecule has 0 aromatic heterocycles. The highest BCUT2D eigenvalue weighted by Crippen LogP contribution is 2.28. The molecule has 0 fully saturated rings. The summed E-state index contributed by atoms with van der Waals surface area (Å²) in [4.78, 5) is 9.15. The Kier molecular flexibility index (Phi) is 2.49. The Bertz CT molecular complexity index is 414. The van der Waals surface area contributed by atoms with Gasteiger partial charge < -0.3 is 0 Å². The SMILES string of the molecule is N#Cc1ccc(F)c(S)c1[N+](=O)[O-]. The fraction of sp³-hybridized carbons (Fsp3) is 0. The average molecular weight is 198 g/mol. The molecule has 4 nitrogen and oxygen atoms in total. The summed E-state index contributed by atoms with van der Waals surface area (Å²) in [5, 5.41) is 18.9. The van der Waals surface area contributed by atoms with Crippen LogP contribution in [-0.2, 0) is 0 Å². The zero-order valence-electron chi connectivity index (χ0n) is 6.19. The van der Waals surface area contributed by atoms with Crippen molar-refractivity contribution in [3.05, 3.63) is 33.6 Å². The quantitative estimate of drug-likeness (QED) is 0.425. The van der Waals surface area contributed by atoms with Crippen LogP contribution < -0.4 is 0 Å². The van der Waals surface area contributed by atoms with Gasteiger partial charge in [0.2, 0.25) is 0 Å². The highest BCUT2D eigenvalue weighted by molar-refractivity contribution is 7.80. The Morgan fingerprint density at radius 1 is 1.62 bits per heavy atom. The maximum Gasteiger partial charge on any atom is 0.303 e. The van der Waals surface area contributed by atoms with Gasteiger partial charge in [-0.15, -0.1) is 12.6 Å². The molecule has 1 aromatic carbocycles. The van der Waals surface area contributed by atoms with E-state index in [1.165, 1.54) is 0 Å². The summed E-state index contributed by atoms with van der Waals surface area (Å²) in [6, 6.07) is 3.60. The first-order valence-corrected chi connectivity index (χ1v) is 3.58. The topological polar surface area (TPSA) is 66.9 Å². The Labute approximate surface area is 78.2 Å². The normalized spacial score (nSPS) is 9.31. The Morgan fingerprint density at radius 3 is 2.69 bits per heavy atom. The maximum absolute atomic E-state index is 12.8. The lowest BCUT2D eigenvalue weighted by molar-refractivity contribution is -0.388. The second kappa shape index (κ2) is 3.41. The average Bonchev–Trinajstić information content (AvgIpc) is 2.08. The van der Waals surface area contributed by atoms with Crippen molar-refractivity contribution in [2.75, 3.05) is 0 Å². The van der Waals surface area contributed by atoms with Crippen molar-refractivity contribution in [2.24, 2.45) is 0 Å². The molecule has 0 saturated carbocycles. The maximum atomic E-state index is 12.8. The molecule has 0 bridgehead atoms. The first-order chi connectivity index (χ1) is 6.07. The van der Waals surface area contributed by atoms with Crippen molar-refractivity contribution in [1.82, 2.24) is 0 Å². The minimum Gasteiger partial charge on any atom is -0.258 e. The van der Waals surface area contributed by atoms with E-state index in [4.69, 9.17) is 5.26 Å². The van der Waals surface area contributed by atoms with Crippen LogP contribution in [0.3, 0.4) is 0 Å². The summed E-state index contributed by atoms with van der Waals surface area (Å²) >= 11 is 3.61. The number of nitriles is 1. The van der Waals surface area contributed by atoms with Gasteiger partial charge >= 0.3 is 5.69 Å². The number of hydrogen-bond donors (Lipinski definition) is 1. The van der Waals surface area contributed by atoms with Crippen LogP contribution in [0.2, 0.25) is 0 Å². The zero-order valence-corrected chi connectivity index (χ0v) is 7.09. The predicted octanol–water partition coefficient (Wildman–Crippen LogP) is 1.89. The minimum atomic E-state index is -0.829. The zero-order chi connectivity index (χ0) is 10.0. The van der Waals surface area contributed by atoms with E-state index in [1.54, 1.807) is 6.07 Å². The lowest BCUT2D eigenvalue weighted by atomic mass is 10.2. The standard InChI is InChI=1S/C7H3FN2O2S/c8-5-2-1-4(3-9)6(7(5)13)10(11)12/h1-2,13H. The Morgan fingerprint density at radius 2 is 2.23 bits per heavy atom. The fourth-order valence-corrected chi connectivity index (χ4v) is 1.11. The molecule has 0 amide bonds. The number of nitro groups is 1. The fourth-order valence-electron chi connectivity index (χ4n) is 0.830. The lowest BCUT2D eigenvalue weighted by Gasteiger charge is -1.98. The molecule has 0 unspecified atom stereocenters. The second-order valence-electron chi connectivity index (χ2n) is 2.16. The predicted molar refractivity (Wildman–Crippen MR) is 45.0 cm³/mol. The van der Waals surface area contributed by atoms with Gasteiger partial charge in [-0.2, -0.15) is 5.26 Å². The number of nitro benzene ring substituents is 1. The first kappa shape index (κ1) is 9.48. The van der Waals surface area contributed by atoms with Crippen molar-refractivity contribution in [3.8, 4) is 6.07 Å². The van der Waals surface area contributed by atoms with Crippen LogP contribution in [0.4, 0.5) is 10.1 Å². The van der Waals surface area contributed by atoms with E-state index in [9.17, 15) is 14.5 Å². The van der Waals surface area contributed by atoms with Gasteiger partial charge in [-0.3, -0.25) is 10.1 Å². The highest BCUT2D eigenvalue weighted by atomic mass is 32.1. The molecule has 66 valence electrons. The third-order valence-corrected chi connectivity index (χ3v) is 1.83. The first-order valence-electron chi connectivity index (χ1n) is 3.14. The molecule has 6 heteroatoms. The van der Waals surface area contributed by atoms with Crippen molar-refractivity contribution in [2.45, 2.75) is 4.90 Å². The van der Waals surface area contributed by atoms with Gasteiger partial charge in [-0.1, -0.05) is 0 Å². The van der Waals surface area contributed by atoms with Gasteiger partial charge in [-0.25, -0.2) is 4.39 Å². The van der Waals surface area contributed by atoms with Crippen LogP contribution in [0.25, 0.3) is 0 Å². The molecule has 0 N–H and O–H groups in total. The van der Waals surface area contributed by atoms with Gasteiger partial charge in [0.1, 0.15) is 22.3 Å². The summed E-state index contributed by atoms with van der Waals surface area (Å²) in [7, 11) is 0. The van der Waals surface area contributed by atoms with Gasteiger partial charge in [-0.05, 0) is 12.1 Å². The summed E-state index contributed by atoms with van der Waals surface area (Å²) in [6.45, 7) is 0. The van der Waals surface area contributed by atoms with Crippen LogP contribution in [-0.4, -0.2) is 4.92 Å². The number of rotatable bonds is 1. The lowest BCUT2D eigenvalue weighted by Crippen LogP contribution is -1.95. The number of benzene rings is 1. The van der Waals surface area contributed by atoms with E-state index in [-0.39, 0.29) is 5.56 Å². The van der Waals surface area contributed by atoms with Crippen molar-refractivity contribution < 1.29 is 9.31 Å². The third-order valence-electron chi connectivity index (χ3n) is 1.40. The van der Waals surface area contributed by atoms with Crippen molar-refractivity contribution in [1.29, 1.82) is 5.26 Å². The molecule has 0 saturated heterocycles. The summed E-state index contributed by atoms with van der Waals surface area (Å²) in [6.07, 6.45) is 0. The molecule has 0 heterocycles. The smallest absolute Gasteiger partial charge is 0.258 e. The van der Waals surface area contributed by atoms with Crippen molar-refractivity contribution in [3.63, 3.8) is 0 Å². The molecule has 0 spiro atoms. The monoisotopic (exact) mass is 198 g/mol. The number of halogens is 1. The largest absolute Gasteiger partial charge is 0.303 e. The molecule has 0 aliphatic carbocycles. The van der Waals surface area contributed by atoms with Crippen molar-refractivity contribution >= 4 is 18.3 Å². The molecule has 13 heavy (non-hydrogen) atoms. The Balaban J connectivity index is 3.53. The molecular formula is C7H3FN2O2S. The van der Waals surface area contributed by atoms with Gasteiger partial charge in [0.05, 0.1) is 4.92 Å². The number of nitrogens with zero attached hydrogens (tertiary/aromatic N) is 2. The van der Waals surface area contributed by atoms with E-state index in [0.29, 0.717) is 0 Å². The summed E-state index contributed by atoms with van der Waals surface area (Å²) in [5.74, 6) is -0.811. The minimum absolute atomic E-state index is 0.198. The molecule has 0 aliphatic heterocycles. The molecule has 0 radical (unpaired) electrons. The van der Waals surface area contributed by atoms with Crippen LogP contribution in [0.15, 0.2) is 17.0 Å². The summed E-state index contributed by atoms with van der Waals surface area (Å²) < 4.78 is 12.8. The van der Waals surface area contributed by atoms with Crippen LogP contribution >= 0.6 is 12.6 Å². The van der Waals surface area contributed by atoms with Crippen LogP contribution in [0.1, 0.15) is 5.56 Å². The van der Waals surface area contributed by atoms with Crippen LogP contribution in [0, 0.1) is 27.3 Å². The van der Waals surface area contributed by atoms with E-state index >= 15 is 0 Å². The molecule has 1 aromatic rings. The third kappa shape index (κ3) is 1.60. The second-order valence-corrected chi connectivity index (χ2v) is 2.61. The highest BCUT2D eigenvalue weighted by Gasteiger charge is 2.20. The van der Waals surface area contributed by atoms with E-state index in [0.717, 1.165) is 12.1 Å². The Hall–Kier alpha value is -1.61. The van der Waals surface area contributed by atoms with E-state index in [2.05, 4.69) is 12.6 Å². The van der Waals surface area contributed by atoms with Crippen LogP contribution in [0.5, 0.6) is 0 Å². The van der Waals surface area contributed by atoms with Gasteiger partial charge in [0.15, 0.2) is 0 Å². The van der Waals surface area contributed by atoms with Gasteiger partial charge in [0.25, 0.3) is 0 Å². The molecule has 1 rings (SSSR count). The van der Waals surface area contributed by atoms with E-state index in [1.807, 2.05) is 0 Å². The molecular weight excluding hydrogens is 195 g/mol. The number of thiol groups is 1. The summed E-state index contributed by atoms with van der Waals surface area (Å²) in [5.41, 5.74) is -0.790. The van der Waals surface area contributed by atoms with Gasteiger partial charge in [0, 0.05) is 0 Å².